The molecule has 0 radical (unpaired) electrons. The molecule has 1 aliphatic rings. The van der Waals surface area contributed by atoms with E-state index in [-0.39, 0.29) is 12.1 Å². The smallest absolute Gasteiger partial charge is 0.433 e. The van der Waals surface area contributed by atoms with Crippen LogP contribution < -0.4 is 15.5 Å². The van der Waals surface area contributed by atoms with E-state index < -0.39 is 29.8 Å². The zero-order chi connectivity index (χ0) is 31.2. The second-order valence-electron chi connectivity index (χ2n) is 10.9. The van der Waals surface area contributed by atoms with Crippen molar-refractivity contribution in [3.05, 3.63) is 71.2 Å². The third-order valence-electron chi connectivity index (χ3n) is 6.33. The molecule has 1 unspecified atom stereocenters. The summed E-state index contributed by atoms with van der Waals surface area (Å²) in [5, 5.41) is 16.2. The van der Waals surface area contributed by atoms with E-state index in [9.17, 15) is 23.1 Å². The number of nitrogens with zero attached hydrogens (tertiary/aromatic N) is 3. The third kappa shape index (κ3) is 9.07. The fraction of sp³-hybridized carbons (Fsp3) is 0.387. The molecule has 9 nitrogen and oxygen atoms in total. The number of aryl methyl sites for hydroxylation is 1. The largest absolute Gasteiger partial charge is 0.444 e. The third-order valence-corrected chi connectivity index (χ3v) is 6.33. The van der Waals surface area contributed by atoms with Crippen LogP contribution in [0, 0.1) is 18.8 Å². The molecule has 3 heterocycles. The molecule has 1 atom stereocenters. The number of nitrogens with one attached hydrogen (secondary N) is 2. The van der Waals surface area contributed by atoms with Crippen LogP contribution in [0.3, 0.4) is 0 Å². The van der Waals surface area contributed by atoms with Crippen molar-refractivity contribution in [1.82, 2.24) is 15.3 Å². The molecule has 1 fully saturated rings. The Morgan fingerprint density at radius 1 is 1.14 bits per heavy atom. The summed E-state index contributed by atoms with van der Waals surface area (Å²) in [6, 6.07) is 11.3. The minimum atomic E-state index is -4.63. The van der Waals surface area contributed by atoms with Gasteiger partial charge in [-0.2, -0.15) is 13.2 Å². The topological polar surface area (TPSA) is 109 Å². The maximum atomic E-state index is 13.1. The molecule has 1 aliphatic heterocycles. The van der Waals surface area contributed by atoms with Crippen LogP contribution in [0.2, 0.25) is 0 Å². The average molecular weight is 598 g/mol. The van der Waals surface area contributed by atoms with Crippen LogP contribution >= 0.6 is 0 Å². The number of morpholine rings is 1. The minimum Gasteiger partial charge on any atom is -0.444 e. The zero-order valence-corrected chi connectivity index (χ0v) is 24.4. The van der Waals surface area contributed by atoms with Crippen LogP contribution in [0.5, 0.6) is 0 Å². The van der Waals surface area contributed by atoms with Crippen molar-refractivity contribution < 1.29 is 32.5 Å². The Balaban J connectivity index is 1.61. The maximum Gasteiger partial charge on any atom is 0.433 e. The van der Waals surface area contributed by atoms with Gasteiger partial charge in [0.1, 0.15) is 22.8 Å². The molecule has 3 N–H and O–H groups in total. The van der Waals surface area contributed by atoms with E-state index in [4.69, 9.17) is 14.5 Å². The first-order valence-electron chi connectivity index (χ1n) is 13.7. The van der Waals surface area contributed by atoms with Gasteiger partial charge < -0.3 is 30.1 Å². The molecular weight excluding hydrogens is 563 g/mol. The SMILES string of the molecule is Cc1ccc(NC(O)c2ccnc(C(F)(F)F)c2)cc1-c1cc(C#CCNC(=O)OC(C)(C)C)nc(N2CCOCC2)c1. The van der Waals surface area contributed by atoms with Crippen molar-refractivity contribution in [2.75, 3.05) is 43.1 Å². The number of pyridine rings is 2. The highest BCUT2D eigenvalue weighted by Crippen LogP contribution is 2.32. The summed E-state index contributed by atoms with van der Waals surface area (Å²) in [4.78, 5) is 22.1. The molecule has 228 valence electrons. The van der Waals surface area contributed by atoms with Gasteiger partial charge in [-0.3, -0.25) is 4.98 Å². The Hall–Kier alpha value is -4.34. The molecule has 1 saturated heterocycles. The highest BCUT2D eigenvalue weighted by atomic mass is 19.4. The summed E-state index contributed by atoms with van der Waals surface area (Å²) in [5.74, 6) is 6.64. The van der Waals surface area contributed by atoms with Crippen molar-refractivity contribution in [2.45, 2.75) is 45.7 Å². The molecule has 3 aromatic rings. The number of halogens is 3. The number of alkyl carbamates (subject to hydrolysis) is 1. The van der Waals surface area contributed by atoms with Gasteiger partial charge in [0.15, 0.2) is 6.23 Å². The number of carbonyl (C=O) groups is 1. The summed E-state index contributed by atoms with van der Waals surface area (Å²) in [5.41, 5.74) is 1.85. The van der Waals surface area contributed by atoms with Crippen molar-refractivity contribution >= 4 is 17.6 Å². The monoisotopic (exact) mass is 597 g/mol. The summed E-state index contributed by atoms with van der Waals surface area (Å²) in [6.07, 6.45) is -5.58. The molecule has 12 heteroatoms. The van der Waals surface area contributed by atoms with E-state index in [1.165, 1.54) is 6.07 Å². The summed E-state index contributed by atoms with van der Waals surface area (Å²) in [6.45, 7) is 9.76. The van der Waals surface area contributed by atoms with Crippen LogP contribution in [-0.2, 0) is 15.7 Å². The summed E-state index contributed by atoms with van der Waals surface area (Å²) < 4.78 is 50.1. The van der Waals surface area contributed by atoms with E-state index in [0.29, 0.717) is 43.5 Å². The zero-order valence-electron chi connectivity index (χ0n) is 24.4. The van der Waals surface area contributed by atoms with Crippen molar-refractivity contribution in [1.29, 1.82) is 0 Å². The molecule has 0 bridgehead atoms. The molecule has 0 saturated carbocycles. The number of hydrogen-bond donors (Lipinski definition) is 3. The lowest BCUT2D eigenvalue weighted by atomic mass is 9.99. The lowest BCUT2D eigenvalue weighted by Crippen LogP contribution is -2.36. The van der Waals surface area contributed by atoms with Gasteiger partial charge in [0.05, 0.1) is 19.8 Å². The quantitative estimate of drug-likeness (QED) is 0.260. The number of amides is 1. The second kappa shape index (κ2) is 13.3. The number of alkyl halides is 3. The van der Waals surface area contributed by atoms with E-state index in [2.05, 4.69) is 32.4 Å². The average Bonchev–Trinajstić information content (AvgIpc) is 2.95. The Morgan fingerprint density at radius 2 is 1.88 bits per heavy atom. The fourth-order valence-corrected chi connectivity index (χ4v) is 4.29. The predicted molar refractivity (Wildman–Crippen MR) is 156 cm³/mol. The Labute approximate surface area is 248 Å². The normalized spacial score (nSPS) is 14.4. The number of hydrogen-bond acceptors (Lipinski definition) is 8. The summed E-state index contributed by atoms with van der Waals surface area (Å²) >= 11 is 0. The Morgan fingerprint density at radius 3 is 2.58 bits per heavy atom. The number of anilines is 2. The minimum absolute atomic E-state index is 0.0283. The molecular formula is C31H34F3N5O4. The first kappa shape index (κ1) is 31.6. The highest BCUT2D eigenvalue weighted by Gasteiger charge is 2.33. The van der Waals surface area contributed by atoms with Gasteiger partial charge in [0.2, 0.25) is 0 Å². The highest BCUT2D eigenvalue weighted by molar-refractivity contribution is 5.75. The molecule has 4 rings (SSSR count). The first-order valence-corrected chi connectivity index (χ1v) is 13.7. The standard InChI is InChI=1S/C31H34F3N5O4/c1-20-7-8-24(38-28(40)21-9-11-35-26(17-21)31(32,33)34)19-25(20)22-16-23(6-5-10-36-29(41)43-30(2,3)4)37-27(18-22)39-12-14-42-15-13-39/h7-9,11,16-19,28,38,40H,10,12-15H2,1-4H3,(H,36,41). The summed E-state index contributed by atoms with van der Waals surface area (Å²) in [7, 11) is 0. The van der Waals surface area contributed by atoms with E-state index >= 15 is 0 Å². The van der Waals surface area contributed by atoms with Crippen LogP contribution in [0.15, 0.2) is 48.7 Å². The van der Waals surface area contributed by atoms with Gasteiger partial charge in [-0.15, -0.1) is 0 Å². The van der Waals surface area contributed by atoms with E-state index in [1.54, 1.807) is 26.8 Å². The molecule has 1 amide bonds. The van der Waals surface area contributed by atoms with Crippen molar-refractivity contribution in [3.63, 3.8) is 0 Å². The number of aliphatic hydroxyl groups is 1. The number of aliphatic hydroxyl groups excluding tert-OH is 1. The van der Waals surface area contributed by atoms with Crippen molar-refractivity contribution in [2.24, 2.45) is 0 Å². The number of ether oxygens (including phenoxy) is 2. The number of rotatable bonds is 6. The van der Waals surface area contributed by atoms with Crippen LogP contribution in [0.4, 0.5) is 29.5 Å². The first-order chi connectivity index (χ1) is 20.3. The second-order valence-corrected chi connectivity index (χ2v) is 10.9. The van der Waals surface area contributed by atoms with E-state index in [1.807, 2.05) is 31.2 Å². The molecule has 2 aromatic heterocycles. The van der Waals surface area contributed by atoms with Gasteiger partial charge in [-0.1, -0.05) is 12.0 Å². The van der Waals surface area contributed by atoms with Crippen molar-refractivity contribution in [3.8, 4) is 23.0 Å². The van der Waals surface area contributed by atoms with Gasteiger partial charge in [0.25, 0.3) is 0 Å². The van der Waals surface area contributed by atoms with E-state index in [0.717, 1.165) is 29.0 Å². The Kier molecular flexibility index (Phi) is 9.78. The Bertz CT molecular complexity index is 1510. The molecule has 1 aromatic carbocycles. The number of aromatic nitrogens is 2. The molecule has 0 aliphatic carbocycles. The van der Waals surface area contributed by atoms with Crippen LogP contribution in [-0.4, -0.2) is 59.6 Å². The molecule has 43 heavy (non-hydrogen) atoms. The lowest BCUT2D eigenvalue weighted by Gasteiger charge is -2.28. The van der Waals surface area contributed by atoms with Gasteiger partial charge >= 0.3 is 12.3 Å². The van der Waals surface area contributed by atoms with Crippen LogP contribution in [0.25, 0.3) is 11.1 Å². The van der Waals surface area contributed by atoms with Gasteiger partial charge in [-0.05, 0) is 86.7 Å². The number of benzene rings is 1. The van der Waals surface area contributed by atoms with Gasteiger partial charge in [-0.25, -0.2) is 9.78 Å². The fourth-order valence-electron chi connectivity index (χ4n) is 4.29. The molecule has 0 spiro atoms. The number of carbonyl (C=O) groups excluding carboxylic acids is 1. The maximum absolute atomic E-state index is 13.1. The predicted octanol–water partition coefficient (Wildman–Crippen LogP) is 5.29. The lowest BCUT2D eigenvalue weighted by molar-refractivity contribution is -0.141. The van der Waals surface area contributed by atoms with Crippen LogP contribution in [0.1, 0.15) is 49.5 Å². The van der Waals surface area contributed by atoms with Gasteiger partial charge in [0, 0.05) is 30.5 Å².